The van der Waals surface area contributed by atoms with E-state index in [9.17, 15) is 4.79 Å². The second-order valence-electron chi connectivity index (χ2n) is 5.51. The van der Waals surface area contributed by atoms with Crippen molar-refractivity contribution in [3.05, 3.63) is 77.6 Å². The predicted molar refractivity (Wildman–Crippen MR) is 105 cm³/mol. The van der Waals surface area contributed by atoms with Gasteiger partial charge >= 0.3 is 0 Å². The van der Waals surface area contributed by atoms with Crippen molar-refractivity contribution in [1.82, 2.24) is 4.98 Å². The lowest BCUT2D eigenvalue weighted by Crippen LogP contribution is -2.12. The highest BCUT2D eigenvalue weighted by molar-refractivity contribution is 6.30. The van der Waals surface area contributed by atoms with Gasteiger partial charge in [-0.1, -0.05) is 17.7 Å². The lowest BCUT2D eigenvalue weighted by Gasteiger charge is -2.09. The zero-order valence-corrected chi connectivity index (χ0v) is 15.0. The second kappa shape index (κ2) is 8.36. The molecule has 0 unspecified atom stereocenters. The maximum atomic E-state index is 12.5. The highest BCUT2D eigenvalue weighted by Crippen LogP contribution is 2.21. The molecule has 3 aromatic rings. The fourth-order valence-corrected chi connectivity index (χ4v) is 2.56. The van der Waals surface area contributed by atoms with E-state index in [0.717, 1.165) is 11.4 Å². The molecule has 0 aliphatic rings. The lowest BCUT2D eigenvalue weighted by atomic mass is 10.2. The summed E-state index contributed by atoms with van der Waals surface area (Å²) >= 11 is 5.99. The Labute approximate surface area is 157 Å². The van der Waals surface area contributed by atoms with E-state index in [4.69, 9.17) is 16.3 Å². The first kappa shape index (κ1) is 17.8. The summed E-state index contributed by atoms with van der Waals surface area (Å²) < 4.78 is 5.39. The number of nitrogens with zero attached hydrogens (tertiary/aromatic N) is 1. The van der Waals surface area contributed by atoms with Crippen LogP contribution >= 0.6 is 11.6 Å². The van der Waals surface area contributed by atoms with Gasteiger partial charge in [-0.25, -0.2) is 0 Å². The van der Waals surface area contributed by atoms with Crippen LogP contribution in [-0.2, 0) is 0 Å². The van der Waals surface area contributed by atoms with Crippen LogP contribution in [0.3, 0.4) is 0 Å². The Hall–Kier alpha value is -3.05. The molecule has 132 valence electrons. The Morgan fingerprint density at radius 2 is 1.85 bits per heavy atom. The highest BCUT2D eigenvalue weighted by Gasteiger charge is 2.08. The minimum Gasteiger partial charge on any atom is -0.494 e. The Morgan fingerprint density at radius 3 is 2.58 bits per heavy atom. The van der Waals surface area contributed by atoms with Gasteiger partial charge in [0, 0.05) is 22.6 Å². The molecule has 2 aromatic carbocycles. The number of nitrogens with one attached hydrogen (secondary N) is 2. The molecule has 0 fully saturated rings. The third kappa shape index (κ3) is 4.74. The van der Waals surface area contributed by atoms with E-state index in [-0.39, 0.29) is 5.91 Å². The zero-order valence-electron chi connectivity index (χ0n) is 14.2. The molecule has 5 nitrogen and oxygen atoms in total. The van der Waals surface area contributed by atoms with Crippen LogP contribution in [0.15, 0.2) is 67.0 Å². The van der Waals surface area contributed by atoms with Crippen LogP contribution in [0.4, 0.5) is 17.1 Å². The van der Waals surface area contributed by atoms with Crippen molar-refractivity contribution in [3.8, 4) is 5.75 Å². The summed E-state index contributed by atoms with van der Waals surface area (Å²) in [7, 11) is 0. The fourth-order valence-electron chi connectivity index (χ4n) is 2.37. The molecule has 1 heterocycles. The maximum absolute atomic E-state index is 12.5. The predicted octanol–water partition coefficient (Wildman–Crippen LogP) is 5.13. The van der Waals surface area contributed by atoms with Crippen molar-refractivity contribution in [2.75, 3.05) is 17.2 Å². The molecule has 0 saturated heterocycles. The summed E-state index contributed by atoms with van der Waals surface area (Å²) in [5.41, 5.74) is 2.66. The average molecular weight is 368 g/mol. The Morgan fingerprint density at radius 1 is 1.04 bits per heavy atom. The third-order valence-corrected chi connectivity index (χ3v) is 3.77. The number of rotatable bonds is 6. The molecule has 6 heteroatoms. The standard InChI is InChI=1S/C20H18ClN3O2/c1-2-26-19-8-6-16(7-9-19)24-20(25)14-10-18(13-22-12-14)23-17-5-3-4-15(21)11-17/h3-13,23H,2H2,1H3,(H,24,25). The van der Waals surface area contributed by atoms with Crippen molar-refractivity contribution in [1.29, 1.82) is 0 Å². The van der Waals surface area contributed by atoms with E-state index in [1.54, 1.807) is 36.5 Å². The van der Waals surface area contributed by atoms with Crippen LogP contribution < -0.4 is 15.4 Å². The summed E-state index contributed by atoms with van der Waals surface area (Å²) in [6.45, 7) is 2.52. The fraction of sp³-hybridized carbons (Fsp3) is 0.100. The number of aromatic nitrogens is 1. The lowest BCUT2D eigenvalue weighted by molar-refractivity contribution is 0.102. The Balaban J connectivity index is 1.69. The van der Waals surface area contributed by atoms with Gasteiger partial charge in [0.25, 0.3) is 5.91 Å². The zero-order chi connectivity index (χ0) is 18.4. The van der Waals surface area contributed by atoms with Crippen molar-refractivity contribution >= 4 is 34.6 Å². The van der Waals surface area contributed by atoms with E-state index in [1.165, 1.54) is 6.20 Å². The van der Waals surface area contributed by atoms with Gasteiger partial charge in [-0.05, 0) is 55.5 Å². The molecule has 0 saturated carbocycles. The van der Waals surface area contributed by atoms with Crippen LogP contribution in [0.5, 0.6) is 5.75 Å². The van der Waals surface area contributed by atoms with Gasteiger partial charge in [0.2, 0.25) is 0 Å². The van der Waals surface area contributed by atoms with E-state index in [2.05, 4.69) is 15.6 Å². The molecule has 0 bridgehead atoms. The molecular weight excluding hydrogens is 350 g/mol. The number of amides is 1. The number of hydrogen-bond donors (Lipinski definition) is 2. The normalized spacial score (nSPS) is 10.2. The summed E-state index contributed by atoms with van der Waals surface area (Å²) in [4.78, 5) is 16.6. The van der Waals surface area contributed by atoms with Gasteiger partial charge in [-0.3, -0.25) is 9.78 Å². The molecule has 1 aromatic heterocycles. The van der Waals surface area contributed by atoms with Gasteiger partial charge in [-0.15, -0.1) is 0 Å². The quantitative estimate of drug-likeness (QED) is 0.634. The molecule has 0 spiro atoms. The number of pyridine rings is 1. The molecule has 0 aliphatic heterocycles. The molecule has 0 atom stereocenters. The summed E-state index contributed by atoms with van der Waals surface area (Å²) in [6.07, 6.45) is 3.17. The van der Waals surface area contributed by atoms with Gasteiger partial charge in [-0.2, -0.15) is 0 Å². The first-order valence-electron chi connectivity index (χ1n) is 8.16. The van der Waals surface area contributed by atoms with Crippen LogP contribution in [-0.4, -0.2) is 17.5 Å². The first-order valence-corrected chi connectivity index (χ1v) is 8.53. The van der Waals surface area contributed by atoms with Crippen molar-refractivity contribution < 1.29 is 9.53 Å². The maximum Gasteiger partial charge on any atom is 0.257 e. The van der Waals surface area contributed by atoms with Gasteiger partial charge in [0.15, 0.2) is 0 Å². The van der Waals surface area contributed by atoms with Gasteiger partial charge in [0.1, 0.15) is 5.75 Å². The van der Waals surface area contributed by atoms with E-state index in [1.807, 2.05) is 31.2 Å². The number of anilines is 3. The van der Waals surface area contributed by atoms with Gasteiger partial charge in [0.05, 0.1) is 24.1 Å². The molecule has 0 radical (unpaired) electrons. The minimum absolute atomic E-state index is 0.239. The summed E-state index contributed by atoms with van der Waals surface area (Å²) in [6, 6.07) is 16.3. The molecule has 0 aliphatic carbocycles. The number of carbonyl (C=O) groups excluding carboxylic acids is 1. The van der Waals surface area contributed by atoms with Crippen LogP contribution in [0.1, 0.15) is 17.3 Å². The second-order valence-corrected chi connectivity index (χ2v) is 5.95. The molecule has 2 N–H and O–H groups in total. The van der Waals surface area contributed by atoms with Crippen LogP contribution in [0, 0.1) is 0 Å². The SMILES string of the molecule is CCOc1ccc(NC(=O)c2cncc(Nc3cccc(Cl)c3)c2)cc1. The first-order chi connectivity index (χ1) is 12.6. The minimum atomic E-state index is -0.239. The number of hydrogen-bond acceptors (Lipinski definition) is 4. The van der Waals surface area contributed by atoms with Crippen molar-refractivity contribution in [2.45, 2.75) is 6.92 Å². The number of halogens is 1. The van der Waals surface area contributed by atoms with Crippen LogP contribution in [0.2, 0.25) is 5.02 Å². The van der Waals surface area contributed by atoms with E-state index < -0.39 is 0 Å². The number of ether oxygens (including phenoxy) is 1. The van der Waals surface area contributed by atoms with E-state index >= 15 is 0 Å². The summed E-state index contributed by atoms with van der Waals surface area (Å²) in [5, 5.41) is 6.66. The monoisotopic (exact) mass is 367 g/mol. The van der Waals surface area contributed by atoms with E-state index in [0.29, 0.717) is 28.6 Å². The molecule has 1 amide bonds. The summed E-state index contributed by atoms with van der Waals surface area (Å²) in [5.74, 6) is 0.524. The highest BCUT2D eigenvalue weighted by atomic mass is 35.5. The van der Waals surface area contributed by atoms with Crippen molar-refractivity contribution in [2.24, 2.45) is 0 Å². The molecule has 26 heavy (non-hydrogen) atoms. The number of benzene rings is 2. The topological polar surface area (TPSA) is 63.2 Å². The van der Waals surface area contributed by atoms with Crippen LogP contribution in [0.25, 0.3) is 0 Å². The Bertz CT molecular complexity index is 898. The molecular formula is C20H18ClN3O2. The largest absolute Gasteiger partial charge is 0.494 e. The third-order valence-electron chi connectivity index (χ3n) is 3.54. The smallest absolute Gasteiger partial charge is 0.257 e. The Kier molecular flexibility index (Phi) is 5.71. The average Bonchev–Trinajstić information content (AvgIpc) is 2.64. The van der Waals surface area contributed by atoms with Gasteiger partial charge < -0.3 is 15.4 Å². The van der Waals surface area contributed by atoms with Crippen molar-refractivity contribution in [3.63, 3.8) is 0 Å². The number of carbonyl (C=O) groups is 1. The molecule has 3 rings (SSSR count).